The molecule has 3 rings (SSSR count). The van der Waals surface area contributed by atoms with E-state index in [0.29, 0.717) is 15.7 Å². The highest BCUT2D eigenvalue weighted by atomic mass is 79.9. The highest BCUT2D eigenvalue weighted by Crippen LogP contribution is 2.27. The number of nitrogens with zero attached hydrogens (tertiary/aromatic N) is 1. The molecule has 0 aliphatic carbocycles. The van der Waals surface area contributed by atoms with E-state index in [1.807, 2.05) is 39.8 Å². The van der Waals surface area contributed by atoms with Crippen molar-refractivity contribution in [3.8, 4) is 0 Å². The van der Waals surface area contributed by atoms with Crippen LogP contribution in [0.15, 0.2) is 46.9 Å². The van der Waals surface area contributed by atoms with Crippen LogP contribution in [0.1, 0.15) is 40.2 Å². The SMILES string of the molecule is CC.CC.CN.C[C@@H]1NC(=O)N(c2cc(Cl)cc(Cl)c2)C1=O.Cc1ccc(Br)cc1. The van der Waals surface area contributed by atoms with Gasteiger partial charge in [-0.25, -0.2) is 9.69 Å². The van der Waals surface area contributed by atoms with Crippen LogP contribution in [0, 0.1) is 6.92 Å². The first kappa shape index (κ1) is 30.6. The number of carbonyl (C=O) groups excluding carboxylic acids is 2. The summed E-state index contributed by atoms with van der Waals surface area (Å²) in [5, 5.41) is 3.26. The lowest BCUT2D eigenvalue weighted by molar-refractivity contribution is -0.117. The predicted octanol–water partition coefficient (Wildman–Crippen LogP) is 6.82. The fraction of sp³-hybridized carbons (Fsp3) is 0.364. The largest absolute Gasteiger partial charge is 0.333 e. The molecular weight excluding hydrogens is 489 g/mol. The van der Waals surface area contributed by atoms with Crippen molar-refractivity contribution in [3.05, 3.63) is 62.5 Å². The Labute approximate surface area is 199 Å². The van der Waals surface area contributed by atoms with Crippen LogP contribution in [0.4, 0.5) is 10.5 Å². The Bertz CT molecular complexity index is 730. The van der Waals surface area contributed by atoms with E-state index in [0.717, 1.165) is 9.37 Å². The molecule has 0 saturated carbocycles. The highest BCUT2D eigenvalue weighted by Gasteiger charge is 2.36. The number of imide groups is 1. The highest BCUT2D eigenvalue weighted by molar-refractivity contribution is 9.10. The zero-order valence-corrected chi connectivity index (χ0v) is 21.7. The van der Waals surface area contributed by atoms with E-state index in [2.05, 4.69) is 46.0 Å². The third kappa shape index (κ3) is 10.4. The fourth-order valence-electron chi connectivity index (χ4n) is 2.05. The van der Waals surface area contributed by atoms with Crippen molar-refractivity contribution in [3.63, 3.8) is 0 Å². The van der Waals surface area contributed by atoms with Crippen LogP contribution < -0.4 is 16.0 Å². The number of nitrogens with one attached hydrogen (secondary N) is 1. The number of nitrogens with two attached hydrogens (primary N) is 1. The van der Waals surface area contributed by atoms with Crippen molar-refractivity contribution in [1.82, 2.24) is 5.32 Å². The summed E-state index contributed by atoms with van der Waals surface area (Å²) in [5.74, 6) is -0.316. The van der Waals surface area contributed by atoms with Crippen molar-refractivity contribution in [2.75, 3.05) is 11.9 Å². The van der Waals surface area contributed by atoms with Gasteiger partial charge in [0.2, 0.25) is 0 Å². The number of benzene rings is 2. The maximum Gasteiger partial charge on any atom is 0.329 e. The van der Waals surface area contributed by atoms with Crippen molar-refractivity contribution in [1.29, 1.82) is 0 Å². The minimum absolute atomic E-state index is 0.316. The van der Waals surface area contributed by atoms with E-state index in [9.17, 15) is 9.59 Å². The number of carbonyl (C=O) groups is 2. The maximum absolute atomic E-state index is 11.7. The Morgan fingerprint density at radius 2 is 1.37 bits per heavy atom. The Kier molecular flexibility index (Phi) is 17.5. The van der Waals surface area contributed by atoms with Gasteiger partial charge in [0.15, 0.2) is 0 Å². The van der Waals surface area contributed by atoms with Crippen LogP contribution in [0.2, 0.25) is 10.0 Å². The van der Waals surface area contributed by atoms with Gasteiger partial charge >= 0.3 is 6.03 Å². The number of aryl methyl sites for hydroxylation is 1. The summed E-state index contributed by atoms with van der Waals surface area (Å²) in [6.45, 7) is 11.7. The molecule has 0 spiro atoms. The lowest BCUT2D eigenvalue weighted by Crippen LogP contribution is -2.30. The van der Waals surface area contributed by atoms with E-state index < -0.39 is 12.1 Å². The minimum atomic E-state index is -0.523. The average Bonchev–Trinajstić information content (AvgIpc) is 3.00. The molecule has 1 atom stereocenters. The molecule has 1 fully saturated rings. The molecule has 1 saturated heterocycles. The number of anilines is 1. The van der Waals surface area contributed by atoms with Gasteiger partial charge in [0.1, 0.15) is 6.04 Å². The molecule has 8 heteroatoms. The number of amides is 3. The van der Waals surface area contributed by atoms with Gasteiger partial charge in [0.25, 0.3) is 5.91 Å². The molecule has 1 heterocycles. The molecule has 3 amide bonds. The van der Waals surface area contributed by atoms with Crippen LogP contribution >= 0.6 is 39.1 Å². The van der Waals surface area contributed by atoms with E-state index in [4.69, 9.17) is 23.2 Å². The molecule has 5 nitrogen and oxygen atoms in total. The Morgan fingerprint density at radius 1 is 0.933 bits per heavy atom. The third-order valence-electron chi connectivity index (χ3n) is 3.25. The summed E-state index contributed by atoms with van der Waals surface area (Å²) in [6.07, 6.45) is 0. The lowest BCUT2D eigenvalue weighted by Gasteiger charge is -2.13. The van der Waals surface area contributed by atoms with Crippen molar-refractivity contribution < 1.29 is 9.59 Å². The maximum atomic E-state index is 11.7. The van der Waals surface area contributed by atoms with E-state index in [1.165, 1.54) is 30.8 Å². The summed E-state index contributed by atoms with van der Waals surface area (Å²) >= 11 is 15.0. The second-order valence-corrected chi connectivity index (χ2v) is 7.06. The van der Waals surface area contributed by atoms with Crippen molar-refractivity contribution in [2.24, 2.45) is 5.73 Å². The first-order valence-electron chi connectivity index (χ1n) is 9.68. The van der Waals surface area contributed by atoms with Crippen LogP contribution in [-0.4, -0.2) is 25.0 Å². The van der Waals surface area contributed by atoms with E-state index in [1.54, 1.807) is 6.92 Å². The Hall–Kier alpha value is -1.60. The normalized spacial score (nSPS) is 13.8. The molecule has 2 aromatic carbocycles. The van der Waals surface area contributed by atoms with E-state index in [-0.39, 0.29) is 5.91 Å². The average molecular weight is 521 g/mol. The zero-order valence-electron chi connectivity index (χ0n) is 18.6. The van der Waals surface area contributed by atoms with Gasteiger partial charge < -0.3 is 11.1 Å². The number of halogens is 3. The van der Waals surface area contributed by atoms with Crippen molar-refractivity contribution in [2.45, 2.75) is 47.6 Å². The van der Waals surface area contributed by atoms with Crippen molar-refractivity contribution >= 4 is 56.8 Å². The standard InChI is InChI=1S/C10H8Cl2N2O2.C7H7Br.2C2H6.CH5N/c1-5-9(15)14(10(16)13-5)8-3-6(11)2-7(12)4-8;1-6-2-4-7(8)5-3-6;3*1-2/h2-5H,1H3,(H,13,16);2-5H,1H3;2*1-2H3;2H2,1H3/t5-;;;;/m0..../s1. The number of urea groups is 1. The fourth-order valence-corrected chi connectivity index (χ4v) is 2.83. The van der Waals surface area contributed by atoms with Gasteiger partial charge in [-0.2, -0.15) is 0 Å². The molecule has 0 unspecified atom stereocenters. The first-order chi connectivity index (χ1) is 14.3. The molecule has 3 N–H and O–H groups in total. The molecule has 30 heavy (non-hydrogen) atoms. The van der Waals surface area contributed by atoms with Crippen LogP contribution in [0.5, 0.6) is 0 Å². The summed E-state index contributed by atoms with van der Waals surface area (Å²) in [5.41, 5.74) is 6.18. The van der Waals surface area contributed by atoms with Crippen LogP contribution in [-0.2, 0) is 4.79 Å². The monoisotopic (exact) mass is 519 g/mol. The second-order valence-electron chi connectivity index (χ2n) is 5.27. The van der Waals surface area contributed by atoms with Crippen LogP contribution in [0.3, 0.4) is 0 Å². The predicted molar refractivity (Wildman–Crippen MR) is 134 cm³/mol. The van der Waals surface area contributed by atoms with Crippen LogP contribution in [0.25, 0.3) is 0 Å². The van der Waals surface area contributed by atoms with E-state index >= 15 is 0 Å². The zero-order chi connectivity index (χ0) is 23.9. The van der Waals surface area contributed by atoms with Gasteiger partial charge in [-0.15, -0.1) is 0 Å². The molecular formula is C22H32BrCl2N3O2. The molecule has 1 aliphatic rings. The van der Waals surface area contributed by atoms with Gasteiger partial charge in [0.05, 0.1) is 5.69 Å². The summed E-state index contributed by atoms with van der Waals surface area (Å²) in [7, 11) is 1.50. The molecule has 168 valence electrons. The molecule has 1 aliphatic heterocycles. The summed E-state index contributed by atoms with van der Waals surface area (Å²) in [6, 6.07) is 11.8. The molecule has 0 radical (unpaired) electrons. The quantitative estimate of drug-likeness (QED) is 0.405. The smallest absolute Gasteiger partial charge is 0.329 e. The molecule has 0 aromatic heterocycles. The third-order valence-corrected chi connectivity index (χ3v) is 4.22. The topological polar surface area (TPSA) is 75.4 Å². The molecule has 2 aromatic rings. The Morgan fingerprint density at radius 3 is 1.70 bits per heavy atom. The second kappa shape index (κ2) is 17.1. The Balaban J connectivity index is 0. The molecule has 0 bridgehead atoms. The lowest BCUT2D eigenvalue weighted by atomic mass is 10.2. The minimum Gasteiger partial charge on any atom is -0.333 e. The number of rotatable bonds is 1. The first-order valence-corrected chi connectivity index (χ1v) is 11.2. The van der Waals surface area contributed by atoms with Gasteiger partial charge in [-0.1, -0.05) is 84.5 Å². The van der Waals surface area contributed by atoms with Gasteiger partial charge in [-0.05, 0) is 51.2 Å². The summed E-state index contributed by atoms with van der Waals surface area (Å²) in [4.78, 5) is 24.3. The number of hydrogen-bond donors (Lipinski definition) is 2. The summed E-state index contributed by atoms with van der Waals surface area (Å²) < 4.78 is 1.14. The van der Waals surface area contributed by atoms with Gasteiger partial charge in [-0.3, -0.25) is 4.79 Å². The van der Waals surface area contributed by atoms with Gasteiger partial charge in [0, 0.05) is 14.5 Å². The number of hydrogen-bond acceptors (Lipinski definition) is 3.